The Bertz CT molecular complexity index is 230. The van der Waals surface area contributed by atoms with Crippen molar-refractivity contribution in [1.82, 2.24) is 0 Å². The molecular weight excluding hydrogens is 164 g/mol. The molecule has 0 fully saturated rings. The smallest absolute Gasteiger partial charge is 0.215 e. The van der Waals surface area contributed by atoms with Crippen molar-refractivity contribution in [2.45, 2.75) is 13.8 Å². The van der Waals surface area contributed by atoms with Crippen molar-refractivity contribution in [3.8, 4) is 0 Å². The fourth-order valence-corrected chi connectivity index (χ4v) is 1.99. The third-order valence-corrected chi connectivity index (χ3v) is 2.98. The van der Waals surface area contributed by atoms with E-state index in [0.717, 1.165) is 19.8 Å². The molecule has 72 valence electrons. The van der Waals surface area contributed by atoms with E-state index in [1.807, 2.05) is 0 Å². The summed E-state index contributed by atoms with van der Waals surface area (Å²) < 4.78 is 0. The maximum Gasteiger partial charge on any atom is 0.215 e. The normalized spacial score (nSPS) is 33.4. The highest BCUT2D eigenvalue weighted by Gasteiger charge is 2.27. The minimum atomic E-state index is 1.00. The number of hydrogen-bond donors (Lipinski definition) is 2. The summed E-state index contributed by atoms with van der Waals surface area (Å²) in [6.07, 6.45) is 0. The largest absolute Gasteiger partial charge is 0.242 e. The number of nitrogens with one attached hydrogen (secondary N) is 2. The zero-order chi connectivity index (χ0) is 9.26. The van der Waals surface area contributed by atoms with Crippen molar-refractivity contribution in [3.05, 3.63) is 0 Å². The highest BCUT2D eigenvalue weighted by Crippen LogP contribution is 1.77. The Balaban J connectivity index is 1.91. The van der Waals surface area contributed by atoms with Gasteiger partial charge in [0.05, 0.1) is 13.1 Å². The first kappa shape index (κ1) is 8.84. The summed E-state index contributed by atoms with van der Waals surface area (Å²) in [4.78, 5) is 11.9. The van der Waals surface area contributed by atoms with Gasteiger partial charge in [-0.3, -0.25) is 0 Å². The highest BCUT2D eigenvalue weighted by molar-refractivity contribution is 5.72. The molecule has 4 nitrogen and oxygen atoms in total. The van der Waals surface area contributed by atoms with Crippen molar-refractivity contribution in [1.29, 1.82) is 0 Å². The van der Waals surface area contributed by atoms with Crippen LogP contribution >= 0.6 is 0 Å². The Morgan fingerprint density at radius 2 is 1.46 bits per heavy atom. The molecule has 0 aromatic rings. The molecule has 0 spiro atoms. The van der Waals surface area contributed by atoms with E-state index < -0.39 is 0 Å². The molecule has 2 rings (SSSR count). The molecular formula is C9H18N4+2. The molecule has 0 aliphatic carbocycles. The van der Waals surface area contributed by atoms with Crippen molar-refractivity contribution in [3.63, 3.8) is 0 Å². The Kier molecular flexibility index (Phi) is 2.42. The van der Waals surface area contributed by atoms with Crippen LogP contribution in [-0.2, 0) is 0 Å². The second kappa shape index (κ2) is 3.55. The van der Waals surface area contributed by atoms with E-state index in [9.17, 15) is 0 Å². The molecule has 0 aromatic heterocycles. The molecule has 2 aliphatic rings. The van der Waals surface area contributed by atoms with Gasteiger partial charge in [-0.2, -0.15) is 0 Å². The van der Waals surface area contributed by atoms with Crippen molar-refractivity contribution < 1.29 is 9.80 Å². The zero-order valence-electron chi connectivity index (χ0n) is 8.43. The summed E-state index contributed by atoms with van der Waals surface area (Å²) in [6, 6.07) is 0. The summed E-state index contributed by atoms with van der Waals surface area (Å²) in [6.45, 7) is 9.74. The Labute approximate surface area is 79.0 Å². The molecule has 2 N–H and O–H groups in total. The first-order valence-corrected chi connectivity index (χ1v) is 4.99. The molecule has 0 saturated heterocycles. The summed E-state index contributed by atoms with van der Waals surface area (Å²) in [5.41, 5.74) is 0. The van der Waals surface area contributed by atoms with Gasteiger partial charge in [-0.25, -0.2) is 19.8 Å². The van der Waals surface area contributed by atoms with E-state index >= 15 is 0 Å². The molecule has 2 heterocycles. The molecule has 13 heavy (non-hydrogen) atoms. The predicted molar refractivity (Wildman–Crippen MR) is 52.5 cm³/mol. The van der Waals surface area contributed by atoms with Gasteiger partial charge in [0.25, 0.3) is 0 Å². The fourth-order valence-electron chi connectivity index (χ4n) is 1.99. The van der Waals surface area contributed by atoms with Gasteiger partial charge in [0.15, 0.2) is 11.7 Å². The molecule has 2 atom stereocenters. The average Bonchev–Trinajstić information content (AvgIpc) is 2.65. The maximum atomic E-state index is 4.41. The summed E-state index contributed by atoms with van der Waals surface area (Å²) >= 11 is 0. The van der Waals surface area contributed by atoms with E-state index in [0.29, 0.717) is 0 Å². The van der Waals surface area contributed by atoms with Gasteiger partial charge in [0, 0.05) is 13.8 Å². The Morgan fingerprint density at radius 3 is 1.77 bits per heavy atom. The van der Waals surface area contributed by atoms with E-state index in [2.05, 4.69) is 23.8 Å². The Hall–Kier alpha value is -0.740. The van der Waals surface area contributed by atoms with Gasteiger partial charge in [-0.15, -0.1) is 0 Å². The average molecular weight is 182 g/mol. The molecule has 2 aliphatic heterocycles. The van der Waals surface area contributed by atoms with E-state index in [4.69, 9.17) is 0 Å². The summed E-state index contributed by atoms with van der Waals surface area (Å²) in [7, 11) is 0. The molecule has 0 aromatic carbocycles. The number of aliphatic imine (C=N–C) groups is 2. The monoisotopic (exact) mass is 182 g/mol. The number of nitrogens with zero attached hydrogens (tertiary/aromatic N) is 2. The van der Waals surface area contributed by atoms with Crippen LogP contribution in [0.4, 0.5) is 0 Å². The van der Waals surface area contributed by atoms with Crippen LogP contribution in [0.3, 0.4) is 0 Å². The summed E-state index contributed by atoms with van der Waals surface area (Å²) in [5.74, 6) is 2.54. The lowest BCUT2D eigenvalue weighted by Gasteiger charge is -2.17. The quantitative estimate of drug-likeness (QED) is 0.476. The predicted octanol–water partition coefficient (Wildman–Crippen LogP) is -2.42. The van der Waals surface area contributed by atoms with E-state index in [-0.39, 0.29) is 0 Å². The van der Waals surface area contributed by atoms with Gasteiger partial charge in [-0.05, 0) is 0 Å². The van der Waals surface area contributed by atoms with Gasteiger partial charge in [0.2, 0.25) is 6.67 Å². The van der Waals surface area contributed by atoms with Crippen LogP contribution in [0, 0.1) is 0 Å². The van der Waals surface area contributed by atoms with Gasteiger partial charge >= 0.3 is 0 Å². The number of amidine groups is 2. The van der Waals surface area contributed by atoms with Crippen molar-refractivity contribution in [2.75, 3.05) is 32.8 Å². The second-order valence-electron chi connectivity index (χ2n) is 3.82. The topological polar surface area (TPSA) is 33.6 Å². The fraction of sp³-hybridized carbons (Fsp3) is 0.778. The summed E-state index contributed by atoms with van der Waals surface area (Å²) in [5, 5.41) is 0. The Morgan fingerprint density at radius 1 is 1.00 bits per heavy atom. The zero-order valence-corrected chi connectivity index (χ0v) is 8.43. The SMILES string of the molecule is CC1=NCC[NH+]1C[NH+]1CCN=C1C. The lowest BCUT2D eigenvalue weighted by Crippen LogP contribution is -3.32. The molecule has 0 saturated carbocycles. The lowest BCUT2D eigenvalue weighted by atomic mass is 10.5. The van der Waals surface area contributed by atoms with E-state index in [1.54, 1.807) is 0 Å². The van der Waals surface area contributed by atoms with Crippen LogP contribution < -0.4 is 9.80 Å². The standard InChI is InChI=1S/C9H16N4/c1-8-10-3-5-12(8)7-13-6-4-11-9(13)2/h3-7H2,1-2H3/p+2. The number of hydrogen-bond acceptors (Lipinski definition) is 2. The van der Waals surface area contributed by atoms with Gasteiger partial charge < -0.3 is 0 Å². The molecule has 0 radical (unpaired) electrons. The third-order valence-electron chi connectivity index (χ3n) is 2.98. The van der Waals surface area contributed by atoms with Crippen LogP contribution in [-0.4, -0.2) is 44.5 Å². The van der Waals surface area contributed by atoms with Crippen LogP contribution in [0.5, 0.6) is 0 Å². The first-order valence-electron chi connectivity index (χ1n) is 4.99. The van der Waals surface area contributed by atoms with Gasteiger partial charge in [-0.1, -0.05) is 0 Å². The van der Waals surface area contributed by atoms with Crippen LogP contribution in [0.15, 0.2) is 9.98 Å². The highest BCUT2D eigenvalue weighted by atomic mass is 15.4. The van der Waals surface area contributed by atoms with Crippen LogP contribution in [0.1, 0.15) is 13.8 Å². The van der Waals surface area contributed by atoms with Gasteiger partial charge in [0.1, 0.15) is 13.1 Å². The van der Waals surface area contributed by atoms with Crippen LogP contribution in [0.25, 0.3) is 0 Å². The second-order valence-corrected chi connectivity index (χ2v) is 3.82. The maximum absolute atomic E-state index is 4.41. The molecule has 4 heteroatoms. The molecule has 0 bridgehead atoms. The minimum Gasteiger partial charge on any atom is -0.242 e. The first-order chi connectivity index (χ1) is 6.27. The molecule has 2 unspecified atom stereocenters. The van der Waals surface area contributed by atoms with Crippen molar-refractivity contribution >= 4 is 11.7 Å². The number of quaternary nitrogens is 2. The minimum absolute atomic E-state index is 1.00. The van der Waals surface area contributed by atoms with Crippen molar-refractivity contribution in [2.24, 2.45) is 9.98 Å². The van der Waals surface area contributed by atoms with E-state index in [1.165, 1.54) is 34.6 Å². The lowest BCUT2D eigenvalue weighted by molar-refractivity contribution is -0.995. The third kappa shape index (κ3) is 1.78. The van der Waals surface area contributed by atoms with Crippen LogP contribution in [0.2, 0.25) is 0 Å². The number of rotatable bonds is 2. The molecule has 0 amide bonds.